The number of nitrogens with one attached hydrogen (secondary N) is 1. The summed E-state index contributed by atoms with van der Waals surface area (Å²) in [6, 6.07) is 7.05. The average molecular weight is 275 g/mol. The van der Waals surface area contributed by atoms with Gasteiger partial charge in [-0.3, -0.25) is 0 Å². The van der Waals surface area contributed by atoms with E-state index in [4.69, 9.17) is 0 Å². The maximum atomic E-state index is 12.1. The van der Waals surface area contributed by atoms with Gasteiger partial charge in [-0.2, -0.15) is 13.2 Å². The van der Waals surface area contributed by atoms with Gasteiger partial charge in [0.25, 0.3) is 0 Å². The Balaban J connectivity index is 1.83. The van der Waals surface area contributed by atoms with Crippen molar-refractivity contribution in [3.63, 3.8) is 0 Å². The van der Waals surface area contributed by atoms with Crippen LogP contribution >= 0.6 is 11.8 Å². The van der Waals surface area contributed by atoms with Crippen molar-refractivity contribution in [1.82, 2.24) is 5.32 Å². The molecule has 5 heteroatoms. The maximum Gasteiger partial charge on any atom is 0.446 e. The molecule has 0 aromatic heterocycles. The van der Waals surface area contributed by atoms with Crippen molar-refractivity contribution in [1.29, 1.82) is 0 Å². The molecule has 100 valence electrons. The summed E-state index contributed by atoms with van der Waals surface area (Å²) in [6.07, 6.45) is 2.57. The van der Waals surface area contributed by atoms with Crippen LogP contribution in [0.3, 0.4) is 0 Å². The molecule has 2 rings (SSSR count). The fourth-order valence-electron chi connectivity index (χ4n) is 1.85. The van der Waals surface area contributed by atoms with Crippen LogP contribution in [0.1, 0.15) is 25.3 Å². The van der Waals surface area contributed by atoms with Gasteiger partial charge in [0.15, 0.2) is 0 Å². The molecule has 0 heterocycles. The largest absolute Gasteiger partial charge is 0.446 e. The zero-order valence-corrected chi connectivity index (χ0v) is 10.9. The summed E-state index contributed by atoms with van der Waals surface area (Å²) in [4.78, 5) is 0.237. The lowest BCUT2D eigenvalue weighted by Crippen LogP contribution is -2.27. The zero-order valence-electron chi connectivity index (χ0n) is 10.1. The van der Waals surface area contributed by atoms with Crippen LogP contribution in [-0.4, -0.2) is 11.6 Å². The number of thioether (sulfide) groups is 1. The number of halogens is 3. The molecule has 0 radical (unpaired) electrons. The van der Waals surface area contributed by atoms with Crippen molar-refractivity contribution in [3.8, 4) is 0 Å². The van der Waals surface area contributed by atoms with E-state index in [9.17, 15) is 13.2 Å². The monoisotopic (exact) mass is 275 g/mol. The van der Waals surface area contributed by atoms with Crippen LogP contribution in [0, 0.1) is 5.92 Å². The maximum absolute atomic E-state index is 12.1. The molecule has 1 atom stereocenters. The van der Waals surface area contributed by atoms with Crippen molar-refractivity contribution in [3.05, 3.63) is 29.8 Å². The van der Waals surface area contributed by atoms with E-state index in [1.54, 1.807) is 12.1 Å². The Morgan fingerprint density at radius 2 is 1.89 bits per heavy atom. The quantitative estimate of drug-likeness (QED) is 0.809. The molecule has 1 saturated carbocycles. The van der Waals surface area contributed by atoms with Gasteiger partial charge in [-0.15, -0.1) is 0 Å². The minimum Gasteiger partial charge on any atom is -0.310 e. The Morgan fingerprint density at radius 3 is 2.39 bits per heavy atom. The highest BCUT2D eigenvalue weighted by Gasteiger charge is 2.29. The minimum atomic E-state index is -4.21. The summed E-state index contributed by atoms with van der Waals surface area (Å²) in [6.45, 7) is 2.88. The second-order valence-corrected chi connectivity index (χ2v) is 5.84. The number of benzene rings is 1. The lowest BCUT2D eigenvalue weighted by Gasteiger charge is -2.13. The number of rotatable bonds is 5. The third kappa shape index (κ3) is 4.53. The van der Waals surface area contributed by atoms with Crippen LogP contribution < -0.4 is 5.32 Å². The van der Waals surface area contributed by atoms with Crippen LogP contribution in [-0.2, 0) is 6.54 Å². The minimum absolute atomic E-state index is 0.0717. The molecule has 0 amide bonds. The van der Waals surface area contributed by atoms with Crippen LogP contribution in [0.25, 0.3) is 0 Å². The van der Waals surface area contributed by atoms with E-state index >= 15 is 0 Å². The molecular weight excluding hydrogens is 259 g/mol. The summed E-state index contributed by atoms with van der Waals surface area (Å²) < 4.78 is 36.4. The standard InChI is InChI=1S/C13H16F3NS/c1-9(11-4-5-11)17-8-10-2-6-12(7-3-10)18-13(14,15)16/h2-3,6-7,9,11,17H,4-5,8H2,1H3. The molecule has 1 nitrogen and oxygen atoms in total. The second-order valence-electron chi connectivity index (χ2n) is 4.70. The van der Waals surface area contributed by atoms with Crippen molar-refractivity contribution >= 4 is 11.8 Å². The van der Waals surface area contributed by atoms with E-state index < -0.39 is 5.51 Å². The zero-order chi connectivity index (χ0) is 13.2. The Bertz CT molecular complexity index is 384. The number of hydrogen-bond acceptors (Lipinski definition) is 2. The van der Waals surface area contributed by atoms with E-state index in [1.807, 2.05) is 0 Å². The van der Waals surface area contributed by atoms with Gasteiger partial charge in [0.05, 0.1) is 0 Å². The Labute approximate surface area is 109 Å². The summed E-state index contributed by atoms with van der Waals surface area (Å²) in [5, 5.41) is 3.40. The van der Waals surface area contributed by atoms with Gasteiger partial charge in [-0.25, -0.2) is 0 Å². The van der Waals surface area contributed by atoms with Gasteiger partial charge in [0.2, 0.25) is 0 Å². The molecule has 0 saturated heterocycles. The molecule has 0 bridgehead atoms. The van der Waals surface area contributed by atoms with Gasteiger partial charge < -0.3 is 5.32 Å². The van der Waals surface area contributed by atoms with Crippen molar-refractivity contribution in [2.75, 3.05) is 0 Å². The van der Waals surface area contributed by atoms with Gasteiger partial charge in [0.1, 0.15) is 0 Å². The second kappa shape index (κ2) is 5.53. The summed E-state index contributed by atoms with van der Waals surface area (Å²) in [5.41, 5.74) is -3.19. The number of alkyl halides is 3. The Kier molecular flexibility index (Phi) is 4.22. The molecule has 1 aliphatic rings. The first-order chi connectivity index (χ1) is 8.44. The van der Waals surface area contributed by atoms with Crippen molar-refractivity contribution in [2.24, 2.45) is 5.92 Å². The highest BCUT2D eigenvalue weighted by atomic mass is 32.2. The molecule has 1 N–H and O–H groups in total. The van der Waals surface area contributed by atoms with Crippen molar-refractivity contribution < 1.29 is 13.2 Å². The summed E-state index contributed by atoms with van der Waals surface area (Å²) >= 11 is -0.0717. The topological polar surface area (TPSA) is 12.0 Å². The molecule has 0 spiro atoms. The van der Waals surface area contributed by atoms with E-state index in [2.05, 4.69) is 12.2 Å². The molecule has 1 unspecified atom stereocenters. The first-order valence-corrected chi connectivity index (χ1v) is 6.84. The van der Waals surface area contributed by atoms with Crippen LogP contribution in [0.15, 0.2) is 29.2 Å². The first-order valence-electron chi connectivity index (χ1n) is 6.02. The SMILES string of the molecule is CC(NCc1ccc(SC(F)(F)F)cc1)C1CC1. The first kappa shape index (κ1) is 13.7. The predicted molar refractivity (Wildman–Crippen MR) is 67.4 cm³/mol. The summed E-state index contributed by atoms with van der Waals surface area (Å²) in [5.74, 6) is 0.782. The van der Waals surface area contributed by atoms with Crippen LogP contribution in [0.5, 0.6) is 0 Å². The Hall–Kier alpha value is -0.680. The lowest BCUT2D eigenvalue weighted by molar-refractivity contribution is -0.0328. The van der Waals surface area contributed by atoms with E-state index in [1.165, 1.54) is 25.0 Å². The molecule has 1 fully saturated rings. The van der Waals surface area contributed by atoms with Crippen molar-refractivity contribution in [2.45, 2.75) is 42.8 Å². The lowest BCUT2D eigenvalue weighted by atomic mass is 10.2. The third-order valence-corrected chi connectivity index (χ3v) is 3.85. The molecule has 1 aromatic rings. The van der Waals surface area contributed by atoms with Gasteiger partial charge in [0, 0.05) is 17.5 Å². The fraction of sp³-hybridized carbons (Fsp3) is 0.538. The smallest absolute Gasteiger partial charge is 0.310 e. The highest BCUT2D eigenvalue weighted by Crippen LogP contribution is 2.36. The van der Waals surface area contributed by atoms with E-state index in [0.717, 1.165) is 11.5 Å². The molecule has 1 aromatic carbocycles. The van der Waals surface area contributed by atoms with E-state index in [-0.39, 0.29) is 16.7 Å². The molecule has 1 aliphatic carbocycles. The van der Waals surface area contributed by atoms with Crippen LogP contribution in [0.2, 0.25) is 0 Å². The van der Waals surface area contributed by atoms with Crippen LogP contribution in [0.4, 0.5) is 13.2 Å². The third-order valence-electron chi connectivity index (χ3n) is 3.11. The fourth-order valence-corrected chi connectivity index (χ4v) is 2.39. The molecular formula is C13H16F3NS. The normalized spacial score (nSPS) is 17.8. The number of hydrogen-bond donors (Lipinski definition) is 1. The molecule has 0 aliphatic heterocycles. The van der Waals surface area contributed by atoms with Gasteiger partial charge in [-0.1, -0.05) is 12.1 Å². The average Bonchev–Trinajstić information content (AvgIpc) is 3.09. The highest BCUT2D eigenvalue weighted by molar-refractivity contribution is 8.00. The Morgan fingerprint density at radius 1 is 1.28 bits per heavy atom. The van der Waals surface area contributed by atoms with Gasteiger partial charge in [-0.05, 0) is 55.1 Å². The molecule has 18 heavy (non-hydrogen) atoms. The van der Waals surface area contributed by atoms with Gasteiger partial charge >= 0.3 is 5.51 Å². The van der Waals surface area contributed by atoms with E-state index in [0.29, 0.717) is 12.6 Å². The predicted octanol–water partition coefficient (Wildman–Crippen LogP) is 4.19. The summed E-state index contributed by atoms with van der Waals surface area (Å²) in [7, 11) is 0.